The van der Waals surface area contributed by atoms with Crippen molar-refractivity contribution in [1.29, 1.82) is 0 Å². The zero-order valence-corrected chi connectivity index (χ0v) is 16.6. The van der Waals surface area contributed by atoms with Crippen molar-refractivity contribution in [3.05, 3.63) is 0 Å². The van der Waals surface area contributed by atoms with Gasteiger partial charge in [0, 0.05) is 13.1 Å². The lowest BCUT2D eigenvalue weighted by Gasteiger charge is -2.09. The molecular formula is C20H45N5. The summed E-state index contributed by atoms with van der Waals surface area (Å²) in [5, 5.41) is 16.0. The van der Waals surface area contributed by atoms with E-state index < -0.39 is 0 Å². The first-order valence-corrected chi connectivity index (χ1v) is 11.0. The minimum atomic E-state index is 1.25. The zero-order valence-electron chi connectivity index (χ0n) is 16.6. The molecule has 0 saturated carbocycles. The van der Waals surface area contributed by atoms with Gasteiger partial charge in [-0.1, -0.05) is 19.3 Å². The fraction of sp³-hybridized carbons (Fsp3) is 1.00. The maximum absolute atomic E-state index is 3.35. The normalized spacial score (nSPS) is 24.0. The van der Waals surface area contributed by atoms with Crippen LogP contribution in [0.15, 0.2) is 0 Å². The minimum Gasteiger partial charge on any atom is -0.317 e. The van der Waals surface area contributed by atoms with Crippen molar-refractivity contribution in [2.75, 3.05) is 65.4 Å². The largest absolute Gasteiger partial charge is 0.317 e. The van der Waals surface area contributed by atoms with Gasteiger partial charge < -0.3 is 26.6 Å². The van der Waals surface area contributed by atoms with Gasteiger partial charge in [-0.2, -0.15) is 0 Å². The van der Waals surface area contributed by atoms with Crippen molar-refractivity contribution >= 4 is 0 Å². The van der Waals surface area contributed by atoms with E-state index >= 15 is 0 Å². The smallest absolute Gasteiger partial charge is 0.00772 e. The Kier molecular flexibility index (Phi) is 18.4. The summed E-state index contributed by atoms with van der Waals surface area (Å²) in [6.07, 6.45) is 14.0. The Hall–Kier alpha value is -0.200. The number of hydrogen-bond donors (Lipinski definition) is 5. The van der Waals surface area contributed by atoms with Gasteiger partial charge in [-0.3, -0.25) is 0 Å². The second-order valence-electron chi connectivity index (χ2n) is 7.29. The number of nitrogens with one attached hydrogen (secondary N) is 5. The Morgan fingerprint density at radius 2 is 0.360 bits per heavy atom. The van der Waals surface area contributed by atoms with Gasteiger partial charge in [0.15, 0.2) is 0 Å². The highest BCUT2D eigenvalue weighted by Gasteiger charge is 1.95. The van der Waals surface area contributed by atoms with Crippen LogP contribution in [0.1, 0.15) is 64.2 Å². The van der Waals surface area contributed by atoms with Crippen molar-refractivity contribution in [3.8, 4) is 0 Å². The Balaban J connectivity index is 0.000000160. The van der Waals surface area contributed by atoms with Gasteiger partial charge >= 0.3 is 0 Å². The van der Waals surface area contributed by atoms with Crippen LogP contribution < -0.4 is 26.6 Å². The fourth-order valence-electron chi connectivity index (χ4n) is 2.58. The van der Waals surface area contributed by atoms with E-state index in [1.807, 2.05) is 0 Å². The van der Waals surface area contributed by atoms with Crippen LogP contribution in [0.25, 0.3) is 0 Å². The molecule has 150 valence electrons. The average molecular weight is 356 g/mol. The second-order valence-corrected chi connectivity index (χ2v) is 7.29. The molecule has 5 nitrogen and oxygen atoms in total. The number of hydrogen-bond acceptors (Lipinski definition) is 5. The Morgan fingerprint density at radius 1 is 0.200 bits per heavy atom. The van der Waals surface area contributed by atoms with E-state index in [9.17, 15) is 0 Å². The zero-order chi connectivity index (χ0) is 17.7. The van der Waals surface area contributed by atoms with Gasteiger partial charge in [-0.15, -0.1) is 0 Å². The molecule has 0 amide bonds. The van der Waals surface area contributed by atoms with Crippen molar-refractivity contribution in [3.63, 3.8) is 0 Å². The molecule has 5 heterocycles. The van der Waals surface area contributed by atoms with Gasteiger partial charge in [-0.05, 0) is 97.3 Å². The van der Waals surface area contributed by atoms with Crippen LogP contribution in [0.2, 0.25) is 0 Å². The molecule has 5 aliphatic heterocycles. The third-order valence-electron chi connectivity index (χ3n) is 4.58. The van der Waals surface area contributed by atoms with Crippen molar-refractivity contribution in [2.45, 2.75) is 64.2 Å². The fourth-order valence-corrected chi connectivity index (χ4v) is 2.58. The summed E-state index contributed by atoms with van der Waals surface area (Å²) >= 11 is 0. The lowest BCUT2D eigenvalue weighted by atomic mass is 10.2. The average Bonchev–Trinajstić information content (AvgIpc) is 3.44. The summed E-state index contributed by atoms with van der Waals surface area (Å²) in [5.41, 5.74) is 0. The summed E-state index contributed by atoms with van der Waals surface area (Å²) in [6, 6.07) is 0. The first-order valence-electron chi connectivity index (χ1n) is 11.0. The number of piperidine rings is 1. The van der Waals surface area contributed by atoms with Gasteiger partial charge in [0.1, 0.15) is 0 Å². The first kappa shape index (κ1) is 22.8. The predicted octanol–water partition coefficient (Wildman–Crippen LogP) is 1.85. The molecule has 5 N–H and O–H groups in total. The Morgan fingerprint density at radius 3 is 0.560 bits per heavy atom. The Labute approximate surface area is 156 Å². The van der Waals surface area contributed by atoms with Crippen LogP contribution in [0.5, 0.6) is 0 Å². The van der Waals surface area contributed by atoms with E-state index in [1.165, 1.54) is 130 Å². The quantitative estimate of drug-likeness (QED) is 0.429. The molecule has 0 aromatic rings. The highest BCUT2D eigenvalue weighted by Crippen LogP contribution is 2.00. The van der Waals surface area contributed by atoms with Crippen molar-refractivity contribution in [1.82, 2.24) is 26.6 Å². The lowest BCUT2D eigenvalue weighted by Crippen LogP contribution is -2.29. The van der Waals surface area contributed by atoms with E-state index in [0.717, 1.165) is 0 Å². The molecule has 0 aromatic heterocycles. The van der Waals surface area contributed by atoms with Gasteiger partial charge in [0.05, 0.1) is 0 Å². The molecule has 0 bridgehead atoms. The standard InChI is InChI=1S/C6H13N.C5H11N.C4H9N.C3H7N.C2H5N/c1-2-4-6-7-5-3-1;1-2-4-6-5-3-1;1-2-4-5-3-1;1-2-4-3-1;1-2-3-1/h7H,1-6H2;6H,1-5H2;5H,1-4H2;4H,1-3H2;3H,1-2H2. The molecule has 5 heteroatoms. The SMILES string of the molecule is C1CCCNCC1.C1CCNC1.C1CCNCC1.C1CN1.C1CNC1. The van der Waals surface area contributed by atoms with E-state index in [2.05, 4.69) is 26.6 Å². The summed E-state index contributed by atoms with van der Waals surface area (Å²) in [7, 11) is 0. The highest BCUT2D eigenvalue weighted by molar-refractivity contribution is 4.59. The summed E-state index contributed by atoms with van der Waals surface area (Å²) in [6.45, 7) is 12.5. The molecule has 0 radical (unpaired) electrons. The van der Waals surface area contributed by atoms with Crippen LogP contribution in [0, 0.1) is 0 Å². The topological polar surface area (TPSA) is 70.1 Å². The van der Waals surface area contributed by atoms with Crippen LogP contribution in [0.3, 0.4) is 0 Å². The summed E-state index contributed by atoms with van der Waals surface area (Å²) < 4.78 is 0. The first-order chi connectivity index (χ1) is 12.5. The monoisotopic (exact) mass is 355 g/mol. The Bertz CT molecular complexity index is 191. The van der Waals surface area contributed by atoms with E-state index in [1.54, 1.807) is 0 Å². The minimum absolute atomic E-state index is 1.25. The maximum atomic E-state index is 3.35. The van der Waals surface area contributed by atoms with Gasteiger partial charge in [-0.25, -0.2) is 0 Å². The maximum Gasteiger partial charge on any atom is 0.00772 e. The molecule has 0 aliphatic carbocycles. The molecule has 5 aliphatic rings. The van der Waals surface area contributed by atoms with Crippen LogP contribution in [-0.4, -0.2) is 65.4 Å². The third kappa shape index (κ3) is 21.8. The van der Waals surface area contributed by atoms with Crippen molar-refractivity contribution in [2.24, 2.45) is 0 Å². The second kappa shape index (κ2) is 20.1. The predicted molar refractivity (Wildman–Crippen MR) is 111 cm³/mol. The van der Waals surface area contributed by atoms with Crippen molar-refractivity contribution < 1.29 is 0 Å². The molecule has 0 aromatic carbocycles. The summed E-state index contributed by atoms with van der Waals surface area (Å²) in [5.74, 6) is 0. The highest BCUT2D eigenvalue weighted by atomic mass is 15.0. The van der Waals surface area contributed by atoms with Gasteiger partial charge in [0.25, 0.3) is 0 Å². The number of rotatable bonds is 0. The molecule has 25 heavy (non-hydrogen) atoms. The molecule has 5 rings (SSSR count). The molecule has 5 fully saturated rings. The summed E-state index contributed by atoms with van der Waals surface area (Å²) in [4.78, 5) is 0. The van der Waals surface area contributed by atoms with Crippen LogP contribution >= 0.6 is 0 Å². The van der Waals surface area contributed by atoms with E-state index in [0.29, 0.717) is 0 Å². The van der Waals surface area contributed by atoms with Crippen LogP contribution in [0.4, 0.5) is 0 Å². The van der Waals surface area contributed by atoms with E-state index in [4.69, 9.17) is 0 Å². The molecule has 5 saturated heterocycles. The molecule has 0 spiro atoms. The van der Waals surface area contributed by atoms with Gasteiger partial charge in [0.2, 0.25) is 0 Å². The lowest BCUT2D eigenvalue weighted by molar-refractivity contribution is 0.520. The molecule has 0 atom stereocenters. The molecule has 0 unspecified atom stereocenters. The third-order valence-corrected chi connectivity index (χ3v) is 4.58. The van der Waals surface area contributed by atoms with Crippen LogP contribution in [-0.2, 0) is 0 Å². The molecular weight excluding hydrogens is 310 g/mol. The van der Waals surface area contributed by atoms with E-state index in [-0.39, 0.29) is 0 Å².